The largest absolute Gasteiger partial charge is 0.403 e. The molecule has 3 rings (SSSR count). The molecule has 134 valence electrons. The lowest BCUT2D eigenvalue weighted by Crippen LogP contribution is -2.11. The van der Waals surface area contributed by atoms with Gasteiger partial charge in [-0.1, -0.05) is 22.8 Å². The molecule has 0 aliphatic heterocycles. The molecule has 0 atom stereocenters. The van der Waals surface area contributed by atoms with Gasteiger partial charge in [0.15, 0.2) is 0 Å². The lowest BCUT2D eigenvalue weighted by molar-refractivity contribution is -0.116. The number of benzene rings is 2. The van der Waals surface area contributed by atoms with Crippen LogP contribution in [0.25, 0.3) is 11.5 Å². The van der Waals surface area contributed by atoms with Crippen LogP contribution in [0.1, 0.15) is 18.4 Å². The Hall–Kier alpha value is -2.67. The van der Waals surface area contributed by atoms with E-state index in [9.17, 15) is 9.18 Å². The fourth-order valence-electron chi connectivity index (χ4n) is 2.30. The van der Waals surface area contributed by atoms with Gasteiger partial charge >= 0.3 is 6.01 Å². The van der Waals surface area contributed by atoms with Gasteiger partial charge < -0.3 is 4.42 Å². The third-order valence-electron chi connectivity index (χ3n) is 3.57. The van der Waals surface area contributed by atoms with Gasteiger partial charge in [-0.2, -0.15) is 0 Å². The number of carbonyl (C=O) groups excluding carboxylic acids is 1. The summed E-state index contributed by atoms with van der Waals surface area (Å²) in [5.74, 6) is 0.704. The Morgan fingerprint density at radius 3 is 2.77 bits per heavy atom. The predicted molar refractivity (Wildman–Crippen MR) is 99.5 cm³/mol. The zero-order valence-electron chi connectivity index (χ0n) is 14.2. The molecular formula is C19H18FN3O2S. The first-order valence-electron chi connectivity index (χ1n) is 8.19. The molecule has 0 saturated heterocycles. The van der Waals surface area contributed by atoms with Crippen molar-refractivity contribution in [2.75, 3.05) is 11.1 Å². The number of hydrogen-bond donors (Lipinski definition) is 1. The number of nitrogens with zero attached hydrogens (tertiary/aromatic N) is 2. The van der Waals surface area contributed by atoms with E-state index in [2.05, 4.69) is 15.5 Å². The van der Waals surface area contributed by atoms with Gasteiger partial charge in [0.1, 0.15) is 5.82 Å². The summed E-state index contributed by atoms with van der Waals surface area (Å²) in [7, 11) is 0. The number of hydrogen-bond acceptors (Lipinski definition) is 5. The number of thioether (sulfide) groups is 1. The smallest absolute Gasteiger partial charge is 0.322 e. The summed E-state index contributed by atoms with van der Waals surface area (Å²) in [5.41, 5.74) is 1.90. The molecule has 1 heterocycles. The first kappa shape index (κ1) is 18.1. The third-order valence-corrected chi connectivity index (χ3v) is 4.67. The number of aryl methyl sites for hydroxylation is 1. The molecule has 0 saturated carbocycles. The lowest BCUT2D eigenvalue weighted by atomic mass is 10.1. The van der Waals surface area contributed by atoms with E-state index in [1.54, 1.807) is 23.9 Å². The number of rotatable bonds is 7. The molecule has 5 nitrogen and oxygen atoms in total. The van der Waals surface area contributed by atoms with Crippen LogP contribution in [-0.4, -0.2) is 21.9 Å². The summed E-state index contributed by atoms with van der Waals surface area (Å²) in [6.45, 7) is 1.98. The van der Waals surface area contributed by atoms with E-state index in [-0.39, 0.29) is 17.7 Å². The average molecular weight is 371 g/mol. The van der Waals surface area contributed by atoms with Crippen molar-refractivity contribution in [3.8, 4) is 11.5 Å². The number of anilines is 1. The Morgan fingerprint density at radius 1 is 1.19 bits per heavy atom. The van der Waals surface area contributed by atoms with Crippen LogP contribution in [0.3, 0.4) is 0 Å². The SMILES string of the molecule is Cc1cccc(-c2nnc(NC(=O)CCCSc3ccc(F)cc3)o2)c1. The molecule has 26 heavy (non-hydrogen) atoms. The molecule has 1 N–H and O–H groups in total. The van der Waals surface area contributed by atoms with Crippen LogP contribution >= 0.6 is 11.8 Å². The van der Waals surface area contributed by atoms with Crippen LogP contribution in [0.15, 0.2) is 57.8 Å². The lowest BCUT2D eigenvalue weighted by Gasteiger charge is -2.02. The van der Waals surface area contributed by atoms with Crippen molar-refractivity contribution in [3.05, 3.63) is 59.9 Å². The average Bonchev–Trinajstić information content (AvgIpc) is 3.09. The van der Waals surface area contributed by atoms with Crippen LogP contribution in [0, 0.1) is 12.7 Å². The maximum absolute atomic E-state index is 12.8. The van der Waals surface area contributed by atoms with Crippen LogP contribution < -0.4 is 5.32 Å². The van der Waals surface area contributed by atoms with Crippen LogP contribution in [0.5, 0.6) is 0 Å². The highest BCUT2D eigenvalue weighted by Crippen LogP contribution is 2.21. The Balaban J connectivity index is 1.44. The number of carbonyl (C=O) groups is 1. The van der Waals surface area contributed by atoms with Crippen molar-refractivity contribution in [2.24, 2.45) is 0 Å². The molecule has 3 aromatic rings. The van der Waals surface area contributed by atoms with E-state index >= 15 is 0 Å². The zero-order chi connectivity index (χ0) is 18.4. The maximum Gasteiger partial charge on any atom is 0.322 e. The topological polar surface area (TPSA) is 68.0 Å². The van der Waals surface area contributed by atoms with Crippen molar-refractivity contribution in [2.45, 2.75) is 24.7 Å². The van der Waals surface area contributed by atoms with E-state index in [4.69, 9.17) is 4.42 Å². The minimum absolute atomic E-state index is 0.0951. The molecule has 7 heteroatoms. The van der Waals surface area contributed by atoms with Crippen molar-refractivity contribution < 1.29 is 13.6 Å². The first-order valence-corrected chi connectivity index (χ1v) is 9.17. The van der Waals surface area contributed by atoms with Gasteiger partial charge in [-0.05, 0) is 55.5 Å². The molecule has 0 bridgehead atoms. The molecule has 0 unspecified atom stereocenters. The number of halogens is 1. The first-order chi connectivity index (χ1) is 12.6. The molecule has 0 spiro atoms. The van der Waals surface area contributed by atoms with Gasteiger partial charge in [-0.25, -0.2) is 4.39 Å². The Labute approximate surface area is 155 Å². The number of nitrogens with one attached hydrogen (secondary N) is 1. The number of amides is 1. The van der Waals surface area contributed by atoms with E-state index in [0.29, 0.717) is 18.7 Å². The highest BCUT2D eigenvalue weighted by Gasteiger charge is 2.11. The van der Waals surface area contributed by atoms with E-state index in [0.717, 1.165) is 21.8 Å². The van der Waals surface area contributed by atoms with Crippen LogP contribution in [0.4, 0.5) is 10.4 Å². The monoisotopic (exact) mass is 371 g/mol. The number of aromatic nitrogens is 2. The van der Waals surface area contributed by atoms with Gasteiger partial charge in [0.2, 0.25) is 11.8 Å². The zero-order valence-corrected chi connectivity index (χ0v) is 15.1. The van der Waals surface area contributed by atoms with Gasteiger partial charge in [0.05, 0.1) is 0 Å². The fourth-order valence-corrected chi connectivity index (χ4v) is 3.16. The van der Waals surface area contributed by atoms with Crippen molar-refractivity contribution in [1.82, 2.24) is 10.2 Å². The van der Waals surface area contributed by atoms with Gasteiger partial charge in [-0.15, -0.1) is 16.9 Å². The van der Waals surface area contributed by atoms with Crippen molar-refractivity contribution in [1.29, 1.82) is 0 Å². The highest BCUT2D eigenvalue weighted by atomic mass is 32.2. The summed E-state index contributed by atoms with van der Waals surface area (Å²) in [6, 6.07) is 14.1. The second-order valence-electron chi connectivity index (χ2n) is 5.74. The maximum atomic E-state index is 12.8. The summed E-state index contributed by atoms with van der Waals surface area (Å²) in [5, 5.41) is 10.4. The molecule has 0 radical (unpaired) electrons. The quantitative estimate of drug-likeness (QED) is 0.482. The summed E-state index contributed by atoms with van der Waals surface area (Å²) < 4.78 is 18.3. The molecular weight excluding hydrogens is 353 g/mol. The van der Waals surface area contributed by atoms with Crippen LogP contribution in [0.2, 0.25) is 0 Å². The summed E-state index contributed by atoms with van der Waals surface area (Å²) in [4.78, 5) is 12.9. The third kappa shape index (κ3) is 5.16. The predicted octanol–water partition coefficient (Wildman–Crippen LogP) is 4.70. The normalized spacial score (nSPS) is 10.7. The Morgan fingerprint density at radius 2 is 2.00 bits per heavy atom. The molecule has 2 aromatic carbocycles. The van der Waals surface area contributed by atoms with E-state index in [1.807, 2.05) is 31.2 Å². The minimum atomic E-state index is -0.252. The molecule has 1 aromatic heterocycles. The molecule has 0 aliphatic carbocycles. The second kappa shape index (κ2) is 8.62. The second-order valence-corrected chi connectivity index (χ2v) is 6.90. The van der Waals surface area contributed by atoms with Gasteiger partial charge in [-0.3, -0.25) is 10.1 Å². The Kier molecular flexibility index (Phi) is 6.01. The molecule has 1 amide bonds. The van der Waals surface area contributed by atoms with Gasteiger partial charge in [0, 0.05) is 16.9 Å². The standard InChI is InChI=1S/C19H18FN3O2S/c1-13-4-2-5-14(12-13)18-22-23-19(25-18)21-17(24)6-3-11-26-16-9-7-15(20)8-10-16/h2,4-5,7-10,12H,3,6,11H2,1H3,(H,21,23,24). The fraction of sp³-hybridized carbons (Fsp3) is 0.211. The molecule has 0 aliphatic rings. The molecule has 0 fully saturated rings. The van der Waals surface area contributed by atoms with Crippen LogP contribution in [-0.2, 0) is 4.79 Å². The van der Waals surface area contributed by atoms with E-state index in [1.165, 1.54) is 12.1 Å². The summed E-state index contributed by atoms with van der Waals surface area (Å²) >= 11 is 1.58. The summed E-state index contributed by atoms with van der Waals surface area (Å²) in [6.07, 6.45) is 1.03. The van der Waals surface area contributed by atoms with Gasteiger partial charge in [0.25, 0.3) is 0 Å². The van der Waals surface area contributed by atoms with E-state index < -0.39 is 0 Å². The Bertz CT molecular complexity index is 881. The highest BCUT2D eigenvalue weighted by molar-refractivity contribution is 7.99. The van der Waals surface area contributed by atoms with Crippen molar-refractivity contribution in [3.63, 3.8) is 0 Å². The minimum Gasteiger partial charge on any atom is -0.403 e. The van der Waals surface area contributed by atoms with Crippen molar-refractivity contribution >= 4 is 23.7 Å².